The third-order valence-corrected chi connectivity index (χ3v) is 11.6. The summed E-state index contributed by atoms with van der Waals surface area (Å²) in [5, 5.41) is 23.7. The number of allylic oxidation sites excluding steroid dienone is 9. The van der Waals surface area contributed by atoms with Gasteiger partial charge >= 0.3 is 5.97 Å². The zero-order valence-electron chi connectivity index (χ0n) is 40.3. The average Bonchev–Trinajstić information content (AvgIpc) is 3.25. The normalized spacial score (nSPS) is 13.7. The summed E-state index contributed by atoms with van der Waals surface area (Å²) in [7, 11) is 0. The molecule has 3 N–H and O–H groups in total. The molecule has 0 aliphatic carbocycles. The van der Waals surface area contributed by atoms with E-state index < -0.39 is 18.2 Å². The molecule has 3 unspecified atom stereocenters. The molecule has 0 heterocycles. The Morgan fingerprint density at radius 2 is 0.852 bits per heavy atom. The lowest BCUT2D eigenvalue weighted by atomic mass is 10.0. The van der Waals surface area contributed by atoms with Gasteiger partial charge in [-0.15, -0.1) is 0 Å². The highest BCUT2D eigenvalue weighted by Crippen LogP contribution is 2.17. The van der Waals surface area contributed by atoms with Gasteiger partial charge in [0.2, 0.25) is 5.91 Å². The Morgan fingerprint density at radius 1 is 0.492 bits per heavy atom. The van der Waals surface area contributed by atoms with Gasteiger partial charge in [-0.1, -0.05) is 248 Å². The lowest BCUT2D eigenvalue weighted by Gasteiger charge is -2.24. The van der Waals surface area contributed by atoms with Crippen LogP contribution in [0.25, 0.3) is 0 Å². The second-order valence-electron chi connectivity index (χ2n) is 17.6. The highest BCUT2D eigenvalue weighted by atomic mass is 16.5. The smallest absolute Gasteiger partial charge is 0.306 e. The molecule has 0 rings (SSSR count). The first-order valence-electron chi connectivity index (χ1n) is 26.0. The van der Waals surface area contributed by atoms with Gasteiger partial charge in [-0.2, -0.15) is 0 Å². The minimum absolute atomic E-state index is 0.000669. The number of hydrogen-bond donors (Lipinski definition) is 3. The molecule has 0 aromatic carbocycles. The summed E-state index contributed by atoms with van der Waals surface area (Å²) in [6.07, 6.45) is 60.1. The van der Waals surface area contributed by atoms with E-state index in [0.29, 0.717) is 19.3 Å². The quantitative estimate of drug-likeness (QED) is 0.0322. The van der Waals surface area contributed by atoms with Gasteiger partial charge in [0.05, 0.1) is 25.2 Å². The maximum absolute atomic E-state index is 13.2. The molecule has 0 aromatic heterocycles. The molecule has 0 saturated carbocycles. The number of rotatable bonds is 46. The highest BCUT2D eigenvalue weighted by molar-refractivity contribution is 5.77. The number of aliphatic hydroxyl groups excluding tert-OH is 2. The van der Waals surface area contributed by atoms with Crippen molar-refractivity contribution in [2.24, 2.45) is 0 Å². The molecule has 354 valence electrons. The monoisotopic (exact) mass is 854 g/mol. The molecule has 0 aliphatic heterocycles. The van der Waals surface area contributed by atoms with Crippen LogP contribution >= 0.6 is 0 Å². The first-order valence-corrected chi connectivity index (χ1v) is 26.0. The average molecular weight is 854 g/mol. The largest absolute Gasteiger partial charge is 0.461 e. The van der Waals surface area contributed by atoms with Crippen LogP contribution in [0.4, 0.5) is 0 Å². The molecule has 1 amide bonds. The number of hydrogen-bond acceptors (Lipinski definition) is 5. The van der Waals surface area contributed by atoms with Crippen molar-refractivity contribution >= 4 is 11.9 Å². The van der Waals surface area contributed by atoms with Crippen LogP contribution in [0, 0.1) is 0 Å². The minimum atomic E-state index is -0.811. The fourth-order valence-corrected chi connectivity index (χ4v) is 7.69. The molecular weight excluding hydrogens is 755 g/mol. The summed E-state index contributed by atoms with van der Waals surface area (Å²) in [4.78, 5) is 26.1. The van der Waals surface area contributed by atoms with Crippen molar-refractivity contribution < 1.29 is 24.5 Å². The number of carbonyl (C=O) groups excluding carboxylic acids is 2. The van der Waals surface area contributed by atoms with E-state index >= 15 is 0 Å². The fraction of sp³-hybridized carbons (Fsp3) is 0.782. The minimum Gasteiger partial charge on any atom is -0.461 e. The van der Waals surface area contributed by atoms with Gasteiger partial charge in [0.15, 0.2) is 0 Å². The number of carbonyl (C=O) groups is 2. The Kier molecular flexibility index (Phi) is 46.6. The van der Waals surface area contributed by atoms with E-state index in [4.69, 9.17) is 4.74 Å². The summed E-state index contributed by atoms with van der Waals surface area (Å²) in [5.74, 6) is -0.575. The molecule has 0 aromatic rings. The Bertz CT molecular complexity index is 1090. The van der Waals surface area contributed by atoms with Crippen molar-refractivity contribution in [2.75, 3.05) is 6.61 Å². The van der Waals surface area contributed by atoms with Gasteiger partial charge in [0.25, 0.3) is 0 Å². The van der Waals surface area contributed by atoms with Gasteiger partial charge in [0, 0.05) is 12.8 Å². The van der Waals surface area contributed by atoms with E-state index in [1.165, 1.54) is 135 Å². The van der Waals surface area contributed by atoms with E-state index in [-0.39, 0.29) is 24.9 Å². The second kappa shape index (κ2) is 48.6. The SMILES string of the molecule is CC/C=C\C/C=C\C/C=C\C/C=C\C/C=C\CC(CC(=O)NC(CO)C(O)CCCCCCCCCCCCCCCCC)OC(=O)CCCCCCCCCCCCCC. The van der Waals surface area contributed by atoms with E-state index in [9.17, 15) is 19.8 Å². The van der Waals surface area contributed by atoms with Crippen LogP contribution in [0.15, 0.2) is 60.8 Å². The van der Waals surface area contributed by atoms with Crippen LogP contribution in [-0.4, -0.2) is 46.9 Å². The highest BCUT2D eigenvalue weighted by Gasteiger charge is 2.23. The molecular formula is C55H99NO5. The van der Waals surface area contributed by atoms with Crippen molar-refractivity contribution in [3.05, 3.63) is 60.8 Å². The first-order chi connectivity index (χ1) is 30.0. The molecule has 0 aliphatic rings. The zero-order chi connectivity index (χ0) is 44.5. The molecule has 0 fully saturated rings. The van der Waals surface area contributed by atoms with Gasteiger partial charge in [-0.05, 0) is 44.9 Å². The number of esters is 1. The molecule has 6 heteroatoms. The predicted octanol–water partition coefficient (Wildman–Crippen LogP) is 15.6. The topological polar surface area (TPSA) is 95.9 Å². The first kappa shape index (κ1) is 58.6. The van der Waals surface area contributed by atoms with Crippen LogP contribution < -0.4 is 5.32 Å². The van der Waals surface area contributed by atoms with E-state index in [0.717, 1.165) is 70.6 Å². The number of nitrogens with one attached hydrogen (secondary N) is 1. The van der Waals surface area contributed by atoms with Crippen LogP contribution in [0.5, 0.6) is 0 Å². The lowest BCUT2D eigenvalue weighted by Crippen LogP contribution is -2.46. The third kappa shape index (κ3) is 44.0. The van der Waals surface area contributed by atoms with E-state index in [2.05, 4.69) is 74.7 Å². The van der Waals surface area contributed by atoms with Crippen LogP contribution in [-0.2, 0) is 14.3 Å². The van der Waals surface area contributed by atoms with Crippen molar-refractivity contribution in [3.63, 3.8) is 0 Å². The summed E-state index contributed by atoms with van der Waals surface area (Å²) in [6.45, 7) is 6.35. The second-order valence-corrected chi connectivity index (χ2v) is 17.6. The van der Waals surface area contributed by atoms with E-state index in [1.807, 2.05) is 12.2 Å². The molecule has 0 bridgehead atoms. The van der Waals surface area contributed by atoms with Crippen LogP contribution in [0.1, 0.15) is 252 Å². The van der Waals surface area contributed by atoms with Gasteiger partial charge in [0.1, 0.15) is 6.10 Å². The molecule has 0 spiro atoms. The van der Waals surface area contributed by atoms with Crippen molar-refractivity contribution in [2.45, 2.75) is 270 Å². The van der Waals surface area contributed by atoms with Gasteiger partial charge in [-0.3, -0.25) is 9.59 Å². The number of amides is 1. The zero-order valence-corrected chi connectivity index (χ0v) is 40.3. The maximum atomic E-state index is 13.2. The fourth-order valence-electron chi connectivity index (χ4n) is 7.69. The Morgan fingerprint density at radius 3 is 1.25 bits per heavy atom. The van der Waals surface area contributed by atoms with Crippen molar-refractivity contribution in [1.29, 1.82) is 0 Å². The Labute approximate surface area is 378 Å². The Hall–Kier alpha value is -2.44. The lowest BCUT2D eigenvalue weighted by molar-refractivity contribution is -0.150. The van der Waals surface area contributed by atoms with Crippen LogP contribution in [0.2, 0.25) is 0 Å². The number of ether oxygens (including phenoxy) is 1. The standard InChI is InChI=1S/C55H99NO5/c1-4-7-10-13-16-19-22-25-27-29-31-34-37-40-43-46-51(61-55(60)48-45-42-39-36-33-24-21-18-15-12-9-6-3)49-54(59)56-52(50-57)53(58)47-44-41-38-35-32-30-28-26-23-20-17-14-11-8-5-2/h7,10,16,19,25,27,31,34,40,43,51-53,57-58H,4-6,8-9,11-15,17-18,20-24,26,28-30,32-33,35-39,41-42,44-50H2,1-3H3,(H,56,59)/b10-7-,19-16-,27-25-,34-31-,43-40-. The third-order valence-electron chi connectivity index (χ3n) is 11.6. The van der Waals surface area contributed by atoms with Gasteiger partial charge < -0.3 is 20.3 Å². The summed E-state index contributed by atoms with van der Waals surface area (Å²) >= 11 is 0. The van der Waals surface area contributed by atoms with Gasteiger partial charge in [-0.25, -0.2) is 0 Å². The van der Waals surface area contributed by atoms with E-state index in [1.54, 1.807) is 0 Å². The van der Waals surface area contributed by atoms with Crippen LogP contribution in [0.3, 0.4) is 0 Å². The maximum Gasteiger partial charge on any atom is 0.306 e. The molecule has 61 heavy (non-hydrogen) atoms. The summed E-state index contributed by atoms with van der Waals surface area (Å²) in [6, 6.07) is -0.731. The van der Waals surface area contributed by atoms with Crippen molar-refractivity contribution in [1.82, 2.24) is 5.32 Å². The number of aliphatic hydroxyl groups is 2. The molecule has 0 saturated heterocycles. The molecule has 3 atom stereocenters. The Balaban J connectivity index is 4.68. The van der Waals surface area contributed by atoms with Crippen molar-refractivity contribution in [3.8, 4) is 0 Å². The molecule has 6 nitrogen and oxygen atoms in total. The summed E-state index contributed by atoms with van der Waals surface area (Å²) in [5.41, 5.74) is 0. The predicted molar refractivity (Wildman–Crippen MR) is 264 cm³/mol. The number of unbranched alkanes of at least 4 members (excludes halogenated alkanes) is 25. The summed E-state index contributed by atoms with van der Waals surface area (Å²) < 4.78 is 5.86. The molecule has 0 radical (unpaired) electrons.